The molecular weight excluding hydrogens is 276 g/mol. The van der Waals surface area contributed by atoms with Crippen LogP contribution in [0.5, 0.6) is 5.75 Å². The molecule has 1 amide bonds. The third-order valence-corrected chi connectivity index (χ3v) is 4.18. The normalized spacial score (nSPS) is 12.3. The number of carbonyl (C=O) groups excluding carboxylic acids is 1. The Kier molecular flexibility index (Phi) is 7.39. The van der Waals surface area contributed by atoms with E-state index >= 15 is 0 Å². The van der Waals surface area contributed by atoms with E-state index in [1.54, 1.807) is 7.11 Å². The molecule has 0 aliphatic rings. The van der Waals surface area contributed by atoms with Crippen molar-refractivity contribution in [1.29, 1.82) is 0 Å². The largest absolute Gasteiger partial charge is 0.496 e. The monoisotopic (exact) mass is 306 g/mol. The molecule has 4 nitrogen and oxygen atoms in total. The molecular formula is C18H30N2O2. The first-order valence-electron chi connectivity index (χ1n) is 8.14. The molecule has 0 heterocycles. The molecule has 0 saturated heterocycles. The predicted molar refractivity (Wildman–Crippen MR) is 91.4 cm³/mol. The van der Waals surface area contributed by atoms with Gasteiger partial charge in [0.1, 0.15) is 5.75 Å². The number of benzene rings is 1. The van der Waals surface area contributed by atoms with Crippen molar-refractivity contribution in [2.24, 2.45) is 5.73 Å². The standard InChI is InChI=1S/C18H30N2O2/c1-6-20(7-2)18(21)11-15(12-19)16-10-14(13(3)4)8-9-17(16)22-5/h8-10,13,15H,6-7,11-12,19H2,1-5H3. The minimum Gasteiger partial charge on any atom is -0.496 e. The zero-order valence-corrected chi connectivity index (χ0v) is 14.6. The lowest BCUT2D eigenvalue weighted by molar-refractivity contribution is -0.131. The molecule has 1 rings (SSSR count). The summed E-state index contributed by atoms with van der Waals surface area (Å²) in [5.41, 5.74) is 8.24. The van der Waals surface area contributed by atoms with Crippen LogP contribution in [-0.4, -0.2) is 37.6 Å². The van der Waals surface area contributed by atoms with Gasteiger partial charge in [-0.3, -0.25) is 4.79 Å². The Bertz CT molecular complexity index is 482. The number of carbonyl (C=O) groups is 1. The highest BCUT2D eigenvalue weighted by atomic mass is 16.5. The Labute approximate surface area is 134 Å². The minimum absolute atomic E-state index is 0.0123. The van der Waals surface area contributed by atoms with E-state index < -0.39 is 0 Å². The second-order valence-electron chi connectivity index (χ2n) is 5.86. The van der Waals surface area contributed by atoms with Crippen molar-refractivity contribution in [2.45, 2.75) is 46.0 Å². The summed E-state index contributed by atoms with van der Waals surface area (Å²) in [7, 11) is 1.66. The molecule has 2 N–H and O–H groups in total. The molecule has 0 aliphatic heterocycles. The lowest BCUT2D eigenvalue weighted by Crippen LogP contribution is -2.32. The summed E-state index contributed by atoms with van der Waals surface area (Å²) >= 11 is 0. The number of hydrogen-bond acceptors (Lipinski definition) is 3. The van der Waals surface area contributed by atoms with E-state index in [1.165, 1.54) is 5.56 Å². The van der Waals surface area contributed by atoms with Crippen LogP contribution in [0, 0.1) is 0 Å². The van der Waals surface area contributed by atoms with Gasteiger partial charge in [0.2, 0.25) is 5.91 Å². The number of amides is 1. The number of rotatable bonds is 8. The summed E-state index contributed by atoms with van der Waals surface area (Å²) in [5.74, 6) is 1.38. The van der Waals surface area contributed by atoms with Gasteiger partial charge in [-0.2, -0.15) is 0 Å². The van der Waals surface area contributed by atoms with Gasteiger partial charge in [0.05, 0.1) is 7.11 Å². The molecule has 4 heteroatoms. The van der Waals surface area contributed by atoms with E-state index in [1.807, 2.05) is 24.8 Å². The van der Waals surface area contributed by atoms with Crippen molar-refractivity contribution < 1.29 is 9.53 Å². The van der Waals surface area contributed by atoms with Crippen molar-refractivity contribution in [3.8, 4) is 5.75 Å². The van der Waals surface area contributed by atoms with Gasteiger partial charge in [0.25, 0.3) is 0 Å². The topological polar surface area (TPSA) is 55.6 Å². The summed E-state index contributed by atoms with van der Waals surface area (Å²) in [6.07, 6.45) is 0.427. The summed E-state index contributed by atoms with van der Waals surface area (Å²) in [6, 6.07) is 6.19. The third kappa shape index (κ3) is 4.47. The molecule has 0 radical (unpaired) electrons. The van der Waals surface area contributed by atoms with Crippen LogP contribution in [-0.2, 0) is 4.79 Å². The van der Waals surface area contributed by atoms with Gasteiger partial charge in [-0.15, -0.1) is 0 Å². The van der Waals surface area contributed by atoms with Crippen molar-refractivity contribution in [3.63, 3.8) is 0 Å². The SMILES string of the molecule is CCN(CC)C(=O)CC(CN)c1cc(C(C)C)ccc1OC. The highest BCUT2D eigenvalue weighted by molar-refractivity contribution is 5.77. The van der Waals surface area contributed by atoms with E-state index in [2.05, 4.69) is 26.0 Å². The second kappa shape index (κ2) is 8.79. The van der Waals surface area contributed by atoms with Gasteiger partial charge in [-0.25, -0.2) is 0 Å². The van der Waals surface area contributed by atoms with Gasteiger partial charge in [0, 0.05) is 25.4 Å². The molecule has 1 aromatic carbocycles. The van der Waals surface area contributed by atoms with Crippen LogP contribution in [0.15, 0.2) is 18.2 Å². The minimum atomic E-state index is -0.0123. The zero-order chi connectivity index (χ0) is 16.7. The quantitative estimate of drug-likeness (QED) is 0.803. The van der Waals surface area contributed by atoms with Gasteiger partial charge in [-0.05, 0) is 43.5 Å². The number of nitrogens with zero attached hydrogens (tertiary/aromatic N) is 1. The maximum Gasteiger partial charge on any atom is 0.223 e. The molecule has 0 spiro atoms. The van der Waals surface area contributed by atoms with Crippen LogP contribution in [0.1, 0.15) is 57.1 Å². The predicted octanol–water partition coefficient (Wildman–Crippen LogP) is 3.12. The lowest BCUT2D eigenvalue weighted by Gasteiger charge is -2.24. The smallest absolute Gasteiger partial charge is 0.223 e. The Morgan fingerprint density at radius 2 is 1.91 bits per heavy atom. The highest BCUT2D eigenvalue weighted by Crippen LogP contribution is 2.32. The molecule has 1 aromatic rings. The molecule has 0 aromatic heterocycles. The Morgan fingerprint density at radius 3 is 2.36 bits per heavy atom. The molecule has 1 unspecified atom stereocenters. The summed E-state index contributed by atoms with van der Waals surface area (Å²) in [4.78, 5) is 14.2. The molecule has 0 bridgehead atoms. The fourth-order valence-electron chi connectivity index (χ4n) is 2.67. The first-order chi connectivity index (χ1) is 10.5. The Balaban J connectivity index is 3.07. The van der Waals surface area contributed by atoms with Crippen LogP contribution in [0.4, 0.5) is 0 Å². The first kappa shape index (κ1) is 18.5. The molecule has 0 fully saturated rings. The fourth-order valence-corrected chi connectivity index (χ4v) is 2.67. The van der Waals surface area contributed by atoms with Gasteiger partial charge in [-0.1, -0.05) is 26.0 Å². The maximum absolute atomic E-state index is 12.4. The van der Waals surface area contributed by atoms with Gasteiger partial charge in [0.15, 0.2) is 0 Å². The maximum atomic E-state index is 12.4. The molecule has 22 heavy (non-hydrogen) atoms. The number of methoxy groups -OCH3 is 1. The van der Waals surface area contributed by atoms with Crippen LogP contribution in [0.3, 0.4) is 0 Å². The number of nitrogens with two attached hydrogens (primary N) is 1. The average Bonchev–Trinajstić information content (AvgIpc) is 2.53. The number of hydrogen-bond donors (Lipinski definition) is 1. The summed E-state index contributed by atoms with van der Waals surface area (Å²) < 4.78 is 5.48. The first-order valence-corrected chi connectivity index (χ1v) is 8.14. The van der Waals surface area contributed by atoms with Crippen molar-refractivity contribution >= 4 is 5.91 Å². The second-order valence-corrected chi connectivity index (χ2v) is 5.86. The van der Waals surface area contributed by atoms with Crippen LogP contribution in [0.2, 0.25) is 0 Å². The van der Waals surface area contributed by atoms with E-state index in [0.717, 1.165) is 24.4 Å². The Morgan fingerprint density at radius 1 is 1.27 bits per heavy atom. The summed E-state index contributed by atoms with van der Waals surface area (Å²) in [5, 5.41) is 0. The zero-order valence-electron chi connectivity index (χ0n) is 14.6. The van der Waals surface area contributed by atoms with E-state index in [0.29, 0.717) is 18.9 Å². The van der Waals surface area contributed by atoms with Crippen LogP contribution >= 0.6 is 0 Å². The van der Waals surface area contributed by atoms with E-state index in [-0.39, 0.29) is 11.8 Å². The van der Waals surface area contributed by atoms with Crippen molar-refractivity contribution in [3.05, 3.63) is 29.3 Å². The third-order valence-electron chi connectivity index (χ3n) is 4.18. The van der Waals surface area contributed by atoms with Gasteiger partial charge < -0.3 is 15.4 Å². The highest BCUT2D eigenvalue weighted by Gasteiger charge is 2.21. The van der Waals surface area contributed by atoms with Gasteiger partial charge >= 0.3 is 0 Å². The fraction of sp³-hybridized carbons (Fsp3) is 0.611. The molecule has 124 valence electrons. The number of ether oxygens (including phenoxy) is 1. The summed E-state index contributed by atoms with van der Waals surface area (Å²) in [6.45, 7) is 10.2. The Hall–Kier alpha value is -1.55. The molecule has 1 atom stereocenters. The molecule has 0 aliphatic carbocycles. The lowest BCUT2D eigenvalue weighted by atomic mass is 9.90. The average molecular weight is 306 g/mol. The van der Waals surface area contributed by atoms with Crippen molar-refractivity contribution in [2.75, 3.05) is 26.7 Å². The van der Waals surface area contributed by atoms with Crippen molar-refractivity contribution in [1.82, 2.24) is 4.90 Å². The van der Waals surface area contributed by atoms with E-state index in [9.17, 15) is 4.79 Å². The van der Waals surface area contributed by atoms with Crippen LogP contribution in [0.25, 0.3) is 0 Å². The van der Waals surface area contributed by atoms with Crippen LogP contribution < -0.4 is 10.5 Å². The molecule has 0 saturated carbocycles. The van der Waals surface area contributed by atoms with E-state index in [4.69, 9.17) is 10.5 Å².